The van der Waals surface area contributed by atoms with Gasteiger partial charge < -0.3 is 0 Å². The average molecular weight is 293 g/mol. The Bertz CT molecular complexity index is 586. The molecule has 0 saturated carbocycles. The summed E-state index contributed by atoms with van der Waals surface area (Å²) >= 11 is 4.41. The molecule has 0 spiro atoms. The van der Waals surface area contributed by atoms with Crippen LogP contribution in [-0.4, -0.2) is 13.0 Å². The maximum atomic E-state index is 11.1. The predicted octanol–water partition coefficient (Wildman–Crippen LogP) is 2.91. The van der Waals surface area contributed by atoms with Gasteiger partial charge in [0.25, 0.3) is 10.1 Å². The van der Waals surface area contributed by atoms with Crippen LogP contribution in [0.5, 0.6) is 0 Å². The molecule has 0 bridgehead atoms. The van der Waals surface area contributed by atoms with Gasteiger partial charge in [0.15, 0.2) is 0 Å². The molecule has 1 N–H and O–H groups in total. The van der Waals surface area contributed by atoms with Crippen molar-refractivity contribution in [3.8, 4) is 0 Å². The molecule has 6 heteroatoms. The van der Waals surface area contributed by atoms with E-state index in [0.29, 0.717) is 9.17 Å². The third-order valence-electron chi connectivity index (χ3n) is 1.77. The van der Waals surface area contributed by atoms with Gasteiger partial charge in [-0.1, -0.05) is 18.2 Å². The lowest BCUT2D eigenvalue weighted by molar-refractivity contribution is 0.484. The number of rotatable bonds is 1. The van der Waals surface area contributed by atoms with Crippen LogP contribution < -0.4 is 0 Å². The van der Waals surface area contributed by atoms with E-state index in [4.69, 9.17) is 4.55 Å². The Hall–Kier alpha value is -0.430. The first-order valence-corrected chi connectivity index (χ1v) is 6.69. The van der Waals surface area contributed by atoms with Crippen LogP contribution >= 0.6 is 27.3 Å². The van der Waals surface area contributed by atoms with Gasteiger partial charge in [0.1, 0.15) is 4.90 Å². The third kappa shape index (κ3) is 1.58. The SMILES string of the molecule is O=S(=O)(O)c1c(Br)sc2ccccc12. The molecule has 1 heterocycles. The van der Waals surface area contributed by atoms with Crippen molar-refractivity contribution < 1.29 is 13.0 Å². The van der Waals surface area contributed by atoms with Crippen LogP contribution in [0.15, 0.2) is 32.9 Å². The molecule has 0 aliphatic carbocycles. The molecule has 0 aliphatic rings. The maximum Gasteiger partial charge on any atom is 0.297 e. The molecule has 1 aromatic heterocycles. The van der Waals surface area contributed by atoms with Gasteiger partial charge in [-0.25, -0.2) is 0 Å². The van der Waals surface area contributed by atoms with E-state index in [1.54, 1.807) is 18.2 Å². The van der Waals surface area contributed by atoms with Crippen molar-refractivity contribution in [1.29, 1.82) is 0 Å². The van der Waals surface area contributed by atoms with E-state index < -0.39 is 10.1 Å². The molecule has 1 aromatic carbocycles. The molecule has 0 saturated heterocycles. The van der Waals surface area contributed by atoms with Crippen LogP contribution in [0.3, 0.4) is 0 Å². The van der Waals surface area contributed by atoms with E-state index in [1.165, 1.54) is 11.3 Å². The molecular formula is C8H5BrO3S2. The van der Waals surface area contributed by atoms with E-state index in [-0.39, 0.29) is 4.90 Å². The maximum absolute atomic E-state index is 11.1. The van der Waals surface area contributed by atoms with Crippen molar-refractivity contribution in [3.63, 3.8) is 0 Å². The van der Waals surface area contributed by atoms with Crippen molar-refractivity contribution in [2.45, 2.75) is 4.90 Å². The molecule has 0 aliphatic heterocycles. The highest BCUT2D eigenvalue weighted by Gasteiger charge is 2.20. The van der Waals surface area contributed by atoms with Gasteiger partial charge in [-0.3, -0.25) is 4.55 Å². The quantitative estimate of drug-likeness (QED) is 0.822. The van der Waals surface area contributed by atoms with Crippen molar-refractivity contribution >= 4 is 47.5 Å². The highest BCUT2D eigenvalue weighted by atomic mass is 79.9. The van der Waals surface area contributed by atoms with E-state index in [2.05, 4.69) is 15.9 Å². The standard InChI is InChI=1S/C8H5BrO3S2/c9-8-7(14(10,11)12)5-3-1-2-4-6(5)13-8/h1-4H,(H,10,11,12). The largest absolute Gasteiger partial charge is 0.297 e. The summed E-state index contributed by atoms with van der Waals surface area (Å²) in [5, 5.41) is 0.548. The molecule has 3 nitrogen and oxygen atoms in total. The van der Waals surface area contributed by atoms with E-state index in [0.717, 1.165) is 4.70 Å². The van der Waals surface area contributed by atoms with E-state index >= 15 is 0 Å². The van der Waals surface area contributed by atoms with Crippen LogP contribution in [0.25, 0.3) is 10.1 Å². The normalized spacial score (nSPS) is 12.1. The molecule has 0 radical (unpaired) electrons. The minimum atomic E-state index is -4.15. The van der Waals surface area contributed by atoms with Gasteiger partial charge in [0, 0.05) is 10.1 Å². The molecule has 2 aromatic rings. The summed E-state index contributed by atoms with van der Waals surface area (Å²) in [5.74, 6) is 0. The highest BCUT2D eigenvalue weighted by Crippen LogP contribution is 2.37. The summed E-state index contributed by atoms with van der Waals surface area (Å²) in [6.07, 6.45) is 0. The molecule has 2 rings (SSSR count). The fourth-order valence-corrected chi connectivity index (χ4v) is 4.57. The minimum Gasteiger partial charge on any atom is -0.282 e. The Morgan fingerprint density at radius 2 is 1.93 bits per heavy atom. The number of hydrogen-bond acceptors (Lipinski definition) is 3. The van der Waals surface area contributed by atoms with E-state index in [9.17, 15) is 8.42 Å². The van der Waals surface area contributed by atoms with E-state index in [1.807, 2.05) is 6.07 Å². The van der Waals surface area contributed by atoms with Crippen molar-refractivity contribution in [2.24, 2.45) is 0 Å². The smallest absolute Gasteiger partial charge is 0.282 e. The topological polar surface area (TPSA) is 54.4 Å². The molecule has 0 amide bonds. The number of halogens is 1. The number of benzene rings is 1. The zero-order chi connectivity index (χ0) is 10.3. The Kier molecular flexibility index (Phi) is 2.38. The fourth-order valence-electron chi connectivity index (χ4n) is 1.23. The molecular weight excluding hydrogens is 288 g/mol. The summed E-state index contributed by atoms with van der Waals surface area (Å²) in [5.41, 5.74) is 0. The summed E-state index contributed by atoms with van der Waals surface area (Å²) in [7, 11) is -4.15. The summed E-state index contributed by atoms with van der Waals surface area (Å²) in [6.45, 7) is 0. The van der Waals surface area contributed by atoms with Gasteiger partial charge in [0.2, 0.25) is 0 Å². The van der Waals surface area contributed by atoms with Crippen LogP contribution in [0.4, 0.5) is 0 Å². The lowest BCUT2D eigenvalue weighted by Gasteiger charge is -1.94. The average Bonchev–Trinajstić information content (AvgIpc) is 2.38. The van der Waals surface area contributed by atoms with Crippen molar-refractivity contribution in [3.05, 3.63) is 28.1 Å². The Morgan fingerprint density at radius 1 is 1.29 bits per heavy atom. The molecule has 74 valence electrons. The number of thiophene rings is 1. The second-order valence-corrected chi connectivity index (χ2v) is 6.40. The van der Waals surface area contributed by atoms with Gasteiger partial charge in [-0.05, 0) is 22.0 Å². The first-order chi connectivity index (χ1) is 6.50. The van der Waals surface area contributed by atoms with Crippen molar-refractivity contribution in [2.75, 3.05) is 0 Å². The first kappa shape index (κ1) is 10.1. The second-order valence-electron chi connectivity index (χ2n) is 2.68. The Balaban J connectivity index is 2.95. The summed E-state index contributed by atoms with van der Waals surface area (Å²) < 4.78 is 32.4. The molecule has 0 atom stereocenters. The first-order valence-electron chi connectivity index (χ1n) is 3.64. The van der Waals surface area contributed by atoms with Crippen LogP contribution in [0, 0.1) is 0 Å². The molecule has 0 unspecified atom stereocenters. The van der Waals surface area contributed by atoms with Gasteiger partial charge >= 0.3 is 0 Å². The minimum absolute atomic E-state index is 0.0434. The van der Waals surface area contributed by atoms with Crippen LogP contribution in [-0.2, 0) is 10.1 Å². The van der Waals surface area contributed by atoms with Crippen LogP contribution in [0.2, 0.25) is 0 Å². The lowest BCUT2D eigenvalue weighted by Crippen LogP contribution is -1.96. The fraction of sp³-hybridized carbons (Fsp3) is 0. The predicted molar refractivity (Wildman–Crippen MR) is 59.3 cm³/mol. The van der Waals surface area contributed by atoms with Gasteiger partial charge in [0.05, 0.1) is 3.79 Å². The van der Waals surface area contributed by atoms with Gasteiger partial charge in [-0.2, -0.15) is 8.42 Å². The zero-order valence-electron chi connectivity index (χ0n) is 6.77. The van der Waals surface area contributed by atoms with Crippen LogP contribution in [0.1, 0.15) is 0 Å². The number of fused-ring (bicyclic) bond motifs is 1. The Morgan fingerprint density at radius 3 is 2.57 bits per heavy atom. The number of hydrogen-bond donors (Lipinski definition) is 1. The summed E-state index contributed by atoms with van der Waals surface area (Å²) in [4.78, 5) is -0.0434. The van der Waals surface area contributed by atoms with Gasteiger partial charge in [-0.15, -0.1) is 11.3 Å². The highest BCUT2D eigenvalue weighted by molar-refractivity contribution is 9.11. The third-order valence-corrected chi connectivity index (χ3v) is 4.94. The molecule has 0 fully saturated rings. The summed E-state index contributed by atoms with van der Waals surface area (Å²) in [6, 6.07) is 7.02. The van der Waals surface area contributed by atoms with Crippen molar-refractivity contribution in [1.82, 2.24) is 0 Å². The second kappa shape index (κ2) is 3.30. The Labute approximate surface area is 93.2 Å². The lowest BCUT2D eigenvalue weighted by atomic mass is 10.3. The molecule has 14 heavy (non-hydrogen) atoms. The zero-order valence-corrected chi connectivity index (χ0v) is 9.99. The monoisotopic (exact) mass is 292 g/mol.